The van der Waals surface area contributed by atoms with Crippen LogP contribution in [-0.4, -0.2) is 39.6 Å². The maximum Gasteiger partial charge on any atom is 0.286 e. The number of amides is 1. The largest absolute Gasteiger partial charge is 0.491 e. The Kier molecular flexibility index (Phi) is 6.87. The zero-order valence-corrected chi connectivity index (χ0v) is 21.1. The van der Waals surface area contributed by atoms with E-state index in [1.165, 1.54) is 49.2 Å². The second-order valence-electron chi connectivity index (χ2n) is 8.32. The van der Waals surface area contributed by atoms with Gasteiger partial charge in [0.25, 0.3) is 17.3 Å². The molecule has 196 valence electrons. The fraction of sp³-hybridized carbons (Fsp3) is 0.107. The van der Waals surface area contributed by atoms with Gasteiger partial charge in [-0.2, -0.15) is 0 Å². The number of nitrogens with zero attached hydrogens (tertiary/aromatic N) is 4. The van der Waals surface area contributed by atoms with Crippen LogP contribution < -0.4 is 25.1 Å². The van der Waals surface area contributed by atoms with Gasteiger partial charge >= 0.3 is 0 Å². The van der Waals surface area contributed by atoms with Crippen LogP contribution in [0.1, 0.15) is 16.2 Å². The van der Waals surface area contributed by atoms with Crippen molar-refractivity contribution < 1.29 is 23.4 Å². The number of aromatic nitrogens is 4. The third-order valence-corrected chi connectivity index (χ3v) is 5.80. The Morgan fingerprint density at radius 3 is 2.38 bits per heavy atom. The molecular formula is C28H22FN5O5. The van der Waals surface area contributed by atoms with Gasteiger partial charge in [0.1, 0.15) is 17.1 Å². The normalized spacial score (nSPS) is 10.8. The van der Waals surface area contributed by atoms with Crippen LogP contribution in [0.4, 0.5) is 10.1 Å². The van der Waals surface area contributed by atoms with E-state index in [0.29, 0.717) is 51.2 Å². The van der Waals surface area contributed by atoms with Crippen molar-refractivity contribution in [2.24, 2.45) is 0 Å². The Hall–Kier alpha value is -5.32. The molecule has 5 aromatic rings. The lowest BCUT2D eigenvalue weighted by Crippen LogP contribution is -2.31. The summed E-state index contributed by atoms with van der Waals surface area (Å²) in [5.41, 5.74) is 1.46. The molecule has 0 aliphatic carbocycles. The lowest BCUT2D eigenvalue weighted by molar-refractivity contribution is 0.102. The molecule has 3 heterocycles. The maximum absolute atomic E-state index is 13.3. The smallest absolute Gasteiger partial charge is 0.286 e. The number of carbonyl (C=O) groups excluding carboxylic acids is 1. The first-order valence-corrected chi connectivity index (χ1v) is 11.7. The quantitative estimate of drug-likeness (QED) is 0.324. The molecule has 0 spiro atoms. The Morgan fingerprint density at radius 1 is 0.949 bits per heavy atom. The number of hydrogen-bond acceptors (Lipinski definition) is 8. The summed E-state index contributed by atoms with van der Waals surface area (Å²) in [6, 6.07) is 15.3. The molecule has 11 heteroatoms. The van der Waals surface area contributed by atoms with Crippen molar-refractivity contribution in [3.63, 3.8) is 0 Å². The van der Waals surface area contributed by atoms with E-state index in [1.807, 2.05) is 0 Å². The fourth-order valence-corrected chi connectivity index (χ4v) is 3.91. The predicted octanol–water partition coefficient (Wildman–Crippen LogP) is 4.69. The standard InChI is InChI=1S/C28H22FN5O5/c1-16-15-31-25(28(36)34(16)19-8-4-17(29)5-9-19)26(35)32-18-6-10-20(11-7-18)39-22-12-13-30-21-14-23(37-2)27(38-3)33-24(21)22/h4-15H,1-3H3,(H,32,35). The highest BCUT2D eigenvalue weighted by molar-refractivity contribution is 6.02. The van der Waals surface area contributed by atoms with E-state index in [9.17, 15) is 14.0 Å². The molecule has 0 saturated carbocycles. The number of aryl methyl sites for hydroxylation is 1. The number of methoxy groups -OCH3 is 2. The SMILES string of the molecule is COc1cc2nccc(Oc3ccc(NC(=O)c4ncc(C)n(-c5ccc(F)cc5)c4=O)cc3)c2nc1OC. The minimum absolute atomic E-state index is 0.295. The molecule has 1 amide bonds. The number of benzene rings is 2. The van der Waals surface area contributed by atoms with Crippen molar-refractivity contribution in [1.29, 1.82) is 0 Å². The summed E-state index contributed by atoms with van der Waals surface area (Å²) in [7, 11) is 3.01. The Morgan fingerprint density at radius 2 is 1.69 bits per heavy atom. The molecule has 0 saturated heterocycles. The lowest BCUT2D eigenvalue weighted by Gasteiger charge is -2.12. The van der Waals surface area contributed by atoms with Gasteiger partial charge in [0.15, 0.2) is 17.2 Å². The summed E-state index contributed by atoms with van der Waals surface area (Å²) in [5, 5.41) is 2.67. The molecule has 5 rings (SSSR count). The van der Waals surface area contributed by atoms with E-state index in [2.05, 4.69) is 20.3 Å². The van der Waals surface area contributed by atoms with Gasteiger partial charge in [-0.3, -0.25) is 19.1 Å². The van der Waals surface area contributed by atoms with Crippen LogP contribution in [-0.2, 0) is 0 Å². The summed E-state index contributed by atoms with van der Waals surface area (Å²) in [6.07, 6.45) is 3.00. The number of ether oxygens (including phenoxy) is 3. The van der Waals surface area contributed by atoms with Gasteiger partial charge < -0.3 is 19.5 Å². The number of hydrogen-bond donors (Lipinski definition) is 1. The molecule has 0 aliphatic rings. The van der Waals surface area contributed by atoms with E-state index in [-0.39, 0.29) is 5.69 Å². The highest BCUT2D eigenvalue weighted by atomic mass is 19.1. The molecule has 1 N–H and O–H groups in total. The molecule has 2 aromatic carbocycles. The molecule has 0 aliphatic heterocycles. The monoisotopic (exact) mass is 527 g/mol. The first-order chi connectivity index (χ1) is 18.9. The summed E-state index contributed by atoms with van der Waals surface area (Å²) < 4.78 is 31.2. The van der Waals surface area contributed by atoms with Gasteiger partial charge in [-0.1, -0.05) is 0 Å². The summed E-state index contributed by atoms with van der Waals surface area (Å²) in [4.78, 5) is 38.7. The van der Waals surface area contributed by atoms with E-state index in [1.54, 1.807) is 49.5 Å². The zero-order chi connectivity index (χ0) is 27.5. The molecule has 0 bridgehead atoms. The van der Waals surface area contributed by atoms with Crippen molar-refractivity contribution in [3.05, 3.63) is 101 Å². The number of fused-ring (bicyclic) bond motifs is 1. The maximum atomic E-state index is 13.3. The third-order valence-electron chi connectivity index (χ3n) is 5.80. The van der Waals surface area contributed by atoms with Gasteiger partial charge in [0, 0.05) is 41.6 Å². The lowest BCUT2D eigenvalue weighted by atomic mass is 10.2. The summed E-state index contributed by atoms with van der Waals surface area (Å²) in [5.74, 6) is 0.547. The van der Waals surface area contributed by atoms with Gasteiger partial charge in [-0.25, -0.2) is 14.4 Å². The minimum atomic E-state index is -0.685. The Balaban J connectivity index is 1.36. The van der Waals surface area contributed by atoms with Gasteiger partial charge in [0.2, 0.25) is 0 Å². The predicted molar refractivity (Wildman–Crippen MR) is 142 cm³/mol. The van der Waals surface area contributed by atoms with Gasteiger partial charge in [-0.15, -0.1) is 0 Å². The molecule has 0 atom stereocenters. The van der Waals surface area contributed by atoms with Crippen LogP contribution in [0, 0.1) is 12.7 Å². The average molecular weight is 528 g/mol. The zero-order valence-electron chi connectivity index (χ0n) is 21.1. The third kappa shape index (κ3) is 5.10. The van der Waals surface area contributed by atoms with E-state index in [4.69, 9.17) is 14.2 Å². The van der Waals surface area contributed by atoms with E-state index in [0.717, 1.165) is 0 Å². The minimum Gasteiger partial charge on any atom is -0.491 e. The topological polar surface area (TPSA) is 117 Å². The van der Waals surface area contributed by atoms with Crippen molar-refractivity contribution >= 4 is 22.6 Å². The molecule has 0 fully saturated rings. The second-order valence-corrected chi connectivity index (χ2v) is 8.32. The van der Waals surface area contributed by atoms with Gasteiger partial charge in [-0.05, 0) is 55.5 Å². The number of pyridine rings is 2. The summed E-state index contributed by atoms with van der Waals surface area (Å²) >= 11 is 0. The molecule has 0 radical (unpaired) electrons. The highest BCUT2D eigenvalue weighted by Gasteiger charge is 2.18. The Bertz CT molecular complexity index is 1740. The Labute approximate surface area is 221 Å². The molecule has 3 aromatic heterocycles. The number of anilines is 1. The average Bonchev–Trinajstić information content (AvgIpc) is 2.94. The van der Waals surface area contributed by atoms with E-state index >= 15 is 0 Å². The summed E-state index contributed by atoms with van der Waals surface area (Å²) in [6.45, 7) is 1.67. The van der Waals surface area contributed by atoms with Crippen LogP contribution in [0.2, 0.25) is 0 Å². The first kappa shape index (κ1) is 25.3. The number of carbonyl (C=O) groups is 1. The van der Waals surface area contributed by atoms with Crippen LogP contribution in [0.3, 0.4) is 0 Å². The van der Waals surface area contributed by atoms with Crippen LogP contribution >= 0.6 is 0 Å². The molecule has 39 heavy (non-hydrogen) atoms. The van der Waals surface area contributed by atoms with Gasteiger partial charge in [0.05, 0.1) is 19.7 Å². The molecule has 10 nitrogen and oxygen atoms in total. The van der Waals surface area contributed by atoms with Crippen LogP contribution in [0.25, 0.3) is 16.7 Å². The first-order valence-electron chi connectivity index (χ1n) is 11.7. The molecular weight excluding hydrogens is 505 g/mol. The number of halogens is 1. The van der Waals surface area contributed by atoms with Crippen LogP contribution in [0.15, 0.2) is 77.9 Å². The van der Waals surface area contributed by atoms with Crippen molar-refractivity contribution in [2.45, 2.75) is 6.92 Å². The van der Waals surface area contributed by atoms with E-state index < -0.39 is 17.3 Å². The fourth-order valence-electron chi connectivity index (χ4n) is 3.91. The number of rotatable bonds is 7. The van der Waals surface area contributed by atoms with Crippen molar-refractivity contribution in [3.8, 4) is 28.8 Å². The second kappa shape index (κ2) is 10.6. The van der Waals surface area contributed by atoms with Crippen molar-refractivity contribution in [1.82, 2.24) is 19.5 Å². The highest BCUT2D eigenvalue weighted by Crippen LogP contribution is 2.34. The van der Waals surface area contributed by atoms with Crippen molar-refractivity contribution in [2.75, 3.05) is 19.5 Å². The number of nitrogens with one attached hydrogen (secondary N) is 1. The van der Waals surface area contributed by atoms with Crippen LogP contribution in [0.5, 0.6) is 23.1 Å². The molecule has 0 unspecified atom stereocenters.